The minimum atomic E-state index is -0.685. The Kier molecular flexibility index (Phi) is 45.3. The summed E-state index contributed by atoms with van der Waals surface area (Å²) < 4.78 is 34.8. The summed E-state index contributed by atoms with van der Waals surface area (Å²) in [6, 6.07) is 38.0. The molecule has 0 aliphatic heterocycles. The van der Waals surface area contributed by atoms with Crippen molar-refractivity contribution in [2.24, 2.45) is 21.9 Å². The van der Waals surface area contributed by atoms with E-state index in [9.17, 15) is 33.6 Å². The Balaban J connectivity index is -0.000000468. The van der Waals surface area contributed by atoms with E-state index < -0.39 is 41.1 Å². The molecule has 0 atom stereocenters. The van der Waals surface area contributed by atoms with Crippen molar-refractivity contribution in [3.05, 3.63) is 144 Å². The molecule has 0 unspecified atom stereocenters. The van der Waals surface area contributed by atoms with E-state index in [0.29, 0.717) is 25.5 Å². The van der Waals surface area contributed by atoms with Crippen molar-refractivity contribution in [3.63, 3.8) is 0 Å². The fourth-order valence-electron chi connectivity index (χ4n) is 4.95. The van der Waals surface area contributed by atoms with Crippen LogP contribution in [0.3, 0.4) is 0 Å². The molecule has 0 saturated carbocycles. The quantitative estimate of drug-likeness (QED) is 0.0103. The first-order valence-electron chi connectivity index (χ1n) is 25.6. The molecule has 4 aromatic carbocycles. The summed E-state index contributed by atoms with van der Waals surface area (Å²) in [4.78, 5) is 77.8. The van der Waals surface area contributed by atoms with Crippen LogP contribution in [0.2, 0.25) is 0 Å². The average molecular weight is 1240 g/mol. The predicted octanol–water partition coefficient (Wildman–Crippen LogP) is 6.04. The first kappa shape index (κ1) is 80.5. The number of nitrogens with one attached hydrogen (secondary N) is 4. The van der Waals surface area contributed by atoms with Gasteiger partial charge in [-0.2, -0.15) is 15.2 Å². The van der Waals surface area contributed by atoms with Gasteiger partial charge < -0.3 is 39.9 Å². The second-order valence-corrected chi connectivity index (χ2v) is 20.6. The van der Waals surface area contributed by atoms with Crippen LogP contribution in [0.1, 0.15) is 114 Å². The number of carbonyl (C=O) groups excluding carboxylic acids is 7. The summed E-state index contributed by atoms with van der Waals surface area (Å²) in [7, 11) is 1.71. The van der Waals surface area contributed by atoms with Crippen LogP contribution in [-0.4, -0.2) is 107 Å². The number of benzene rings is 4. The molecular weight excluding hydrogens is 1150 g/mol. The molecule has 25 heteroatoms. The third-order valence-electron chi connectivity index (χ3n) is 8.14. The molecule has 0 radical (unpaired) electrons. The SMILES string of the molecule is CC(C)(C)OC(=O)NN.CC(C)=NN(CC(=O)OCc1ccccc1)C(=O)OC(C)(C)C.CC(C)=NNC(=O)OC(C)(C)C.CNCC(=O)OCc1ccccc1.NNCC(=O)OCc1ccccc1.O=C(CBr)OCc1ccccc1.[H-].[Na+]. The number of hydrazine groups is 2. The van der Waals surface area contributed by atoms with Crippen molar-refractivity contribution in [3.8, 4) is 0 Å². The van der Waals surface area contributed by atoms with Crippen molar-refractivity contribution in [2.75, 3.05) is 32.0 Å². The van der Waals surface area contributed by atoms with Gasteiger partial charge in [-0.3, -0.25) is 30.4 Å². The van der Waals surface area contributed by atoms with Crippen LogP contribution in [0.4, 0.5) is 14.4 Å². The summed E-state index contributed by atoms with van der Waals surface area (Å²) in [5.41, 5.74) is 10.0. The summed E-state index contributed by atoms with van der Waals surface area (Å²) in [5, 5.41) is 11.7. The van der Waals surface area contributed by atoms with Crippen LogP contribution in [0.25, 0.3) is 0 Å². The first-order chi connectivity index (χ1) is 38.4. The second kappa shape index (κ2) is 46.7. The van der Waals surface area contributed by atoms with Crippen LogP contribution in [0.15, 0.2) is 132 Å². The number of nitrogens with zero attached hydrogens (tertiary/aromatic N) is 3. The fourth-order valence-corrected chi connectivity index (χ4v) is 5.11. The topological polar surface area (TPSA) is 312 Å². The molecule has 456 valence electrons. The van der Waals surface area contributed by atoms with Crippen molar-refractivity contribution in [2.45, 2.75) is 133 Å². The predicted molar refractivity (Wildman–Crippen MR) is 319 cm³/mol. The number of hydrogen-bond acceptors (Lipinski definition) is 20. The molecular formula is C58H87BrN9NaO14. The smallest absolute Gasteiger partial charge is 1.00 e. The Morgan fingerprint density at radius 1 is 0.506 bits per heavy atom. The maximum Gasteiger partial charge on any atom is 1.00 e. The zero-order valence-electron chi connectivity index (χ0n) is 51.8. The van der Waals surface area contributed by atoms with E-state index in [1.165, 1.54) is 0 Å². The van der Waals surface area contributed by atoms with Crippen molar-refractivity contribution < 1.29 is 97.7 Å². The number of hydrogen-bond donors (Lipinski definition) is 6. The number of ether oxygens (including phenoxy) is 7. The Bertz CT molecular complexity index is 2440. The summed E-state index contributed by atoms with van der Waals surface area (Å²) >= 11 is 3.01. The molecule has 8 N–H and O–H groups in total. The van der Waals surface area contributed by atoms with Gasteiger partial charge in [0.1, 0.15) is 61.7 Å². The molecule has 0 bridgehead atoms. The number of esters is 4. The van der Waals surface area contributed by atoms with Gasteiger partial charge >= 0.3 is 71.7 Å². The Morgan fingerprint density at radius 2 is 0.843 bits per heavy atom. The number of halogens is 1. The van der Waals surface area contributed by atoms with E-state index in [1.807, 2.05) is 127 Å². The molecule has 4 rings (SSSR count). The Morgan fingerprint density at radius 3 is 1.13 bits per heavy atom. The molecule has 0 spiro atoms. The van der Waals surface area contributed by atoms with E-state index in [2.05, 4.69) is 42.3 Å². The standard InChI is InChI=1S/C17H24N2O4.C10H13NO2.C9H9BrO2.C9H12N2O2.C8H16N2O2.C5H12N2O2.Na.H/c1-13(2)18-19(16(21)23-17(3,4)5)11-15(20)22-12-14-9-7-6-8-10-14;1-11-7-10(12)13-8-9-5-3-2-4-6-9;10-6-9(11)12-7-8-4-2-1-3-5-8;10-11-6-9(12)13-7-8-4-2-1-3-5-8;1-6(2)9-10-7(11)12-8(3,4)5;1-5(2,3)9-4(8)7-6;;/h6-10H,11-12H2,1-5H3;2-6,11H,7-8H2,1H3;1-5H,6-7H2;1-5,11H,6-7,10H2;1-5H3,(H,10,11);6H2,1-3H3,(H,7,8);;/q;;;;;;+1;-1. The molecule has 3 amide bonds. The monoisotopic (exact) mass is 1240 g/mol. The van der Waals surface area contributed by atoms with Gasteiger partial charge in [-0.15, -0.1) is 0 Å². The molecule has 23 nitrogen and oxygen atoms in total. The number of carbonyl (C=O) groups is 7. The van der Waals surface area contributed by atoms with Crippen LogP contribution < -0.4 is 62.8 Å². The van der Waals surface area contributed by atoms with Gasteiger partial charge in [-0.05, 0) is 119 Å². The normalized spacial score (nSPS) is 9.99. The maximum atomic E-state index is 12.1. The molecule has 0 aliphatic rings. The largest absolute Gasteiger partial charge is 1.00 e. The third kappa shape index (κ3) is 53.0. The number of amides is 3. The van der Waals surface area contributed by atoms with Gasteiger partial charge in [-0.25, -0.2) is 31.1 Å². The Labute approximate surface area is 521 Å². The van der Waals surface area contributed by atoms with Gasteiger partial charge in [0.2, 0.25) is 0 Å². The van der Waals surface area contributed by atoms with E-state index in [-0.39, 0.29) is 80.5 Å². The van der Waals surface area contributed by atoms with Gasteiger partial charge in [0.05, 0.1) is 6.54 Å². The van der Waals surface area contributed by atoms with Gasteiger partial charge in [0.15, 0.2) is 0 Å². The van der Waals surface area contributed by atoms with E-state index in [4.69, 9.17) is 44.8 Å². The molecule has 0 heterocycles. The number of nitrogens with two attached hydrogens (primary N) is 2. The number of alkyl halides is 1. The minimum Gasteiger partial charge on any atom is -1.00 e. The third-order valence-corrected chi connectivity index (χ3v) is 8.60. The average Bonchev–Trinajstić information content (AvgIpc) is 3.44. The zero-order valence-corrected chi connectivity index (χ0v) is 54.4. The van der Waals surface area contributed by atoms with Crippen LogP contribution in [0, 0.1) is 0 Å². The van der Waals surface area contributed by atoms with Crippen molar-refractivity contribution in [1.29, 1.82) is 0 Å². The number of rotatable bonds is 17. The summed E-state index contributed by atoms with van der Waals surface area (Å²) in [6.07, 6.45) is -1.82. The van der Waals surface area contributed by atoms with Crippen LogP contribution in [-0.2, 0) is 78.8 Å². The van der Waals surface area contributed by atoms with Gasteiger partial charge in [-0.1, -0.05) is 137 Å². The van der Waals surface area contributed by atoms with E-state index in [1.54, 1.807) is 97.1 Å². The van der Waals surface area contributed by atoms with Crippen molar-refractivity contribution in [1.82, 2.24) is 26.6 Å². The fraction of sp³-hybridized carbons (Fsp3) is 0.431. The zero-order chi connectivity index (χ0) is 62.6. The van der Waals surface area contributed by atoms with Crippen molar-refractivity contribution >= 4 is 69.5 Å². The molecule has 0 aromatic heterocycles. The number of likely N-dealkylation sites (N-methyl/N-ethyl adjacent to an activating group) is 1. The first-order valence-corrected chi connectivity index (χ1v) is 26.7. The van der Waals surface area contributed by atoms with Gasteiger partial charge in [0.25, 0.3) is 0 Å². The summed E-state index contributed by atoms with van der Waals surface area (Å²) in [5.74, 6) is 8.33. The molecule has 83 heavy (non-hydrogen) atoms. The molecule has 0 fully saturated rings. The molecule has 0 saturated heterocycles. The van der Waals surface area contributed by atoms with E-state index >= 15 is 0 Å². The minimum absolute atomic E-state index is 0. The van der Waals surface area contributed by atoms with Gasteiger partial charge in [0, 0.05) is 11.4 Å². The second-order valence-electron chi connectivity index (χ2n) is 20.0. The Hall–Kier alpha value is -6.77. The van der Waals surface area contributed by atoms with Crippen LogP contribution >= 0.6 is 15.9 Å². The molecule has 0 aliphatic carbocycles. The summed E-state index contributed by atoms with van der Waals surface area (Å²) in [6.45, 7) is 24.1. The molecule has 4 aromatic rings. The maximum absolute atomic E-state index is 12.1. The van der Waals surface area contributed by atoms with E-state index in [0.717, 1.165) is 33.0 Å². The number of hydrazone groups is 2. The van der Waals surface area contributed by atoms with Crippen LogP contribution in [0.5, 0.6) is 0 Å².